The number of hydrogen-bond acceptors (Lipinski definition) is 6. The Morgan fingerprint density at radius 2 is 2.27 bits per heavy atom. The van der Waals surface area contributed by atoms with Gasteiger partial charge in [-0.25, -0.2) is 4.98 Å². The molecule has 0 atom stereocenters. The van der Waals surface area contributed by atoms with Gasteiger partial charge in [0.05, 0.1) is 7.11 Å². The summed E-state index contributed by atoms with van der Waals surface area (Å²) in [7, 11) is 1.52. The molecule has 0 aliphatic heterocycles. The van der Waals surface area contributed by atoms with E-state index in [4.69, 9.17) is 10.5 Å². The maximum absolute atomic E-state index is 5.43. The fourth-order valence-corrected chi connectivity index (χ4v) is 1.40. The zero-order valence-corrected chi connectivity index (χ0v) is 9.34. The van der Waals surface area contributed by atoms with Crippen LogP contribution in [0.2, 0.25) is 0 Å². The Morgan fingerprint density at radius 1 is 1.47 bits per heavy atom. The molecule has 0 aromatic carbocycles. The summed E-state index contributed by atoms with van der Waals surface area (Å²) >= 11 is 3.19. The van der Waals surface area contributed by atoms with Crippen LogP contribution < -0.4 is 10.5 Å². The Morgan fingerprint density at radius 3 is 2.87 bits per heavy atom. The molecule has 0 amide bonds. The van der Waals surface area contributed by atoms with E-state index in [-0.39, 0.29) is 5.95 Å². The number of nitrogens with two attached hydrogens (primary N) is 1. The number of aromatic nitrogens is 5. The van der Waals surface area contributed by atoms with E-state index in [1.807, 2.05) is 0 Å². The molecule has 8 heteroatoms. The lowest BCUT2D eigenvalue weighted by atomic mass is 10.6. The fraction of sp³-hybridized carbons (Fsp3) is 0.143. The van der Waals surface area contributed by atoms with Crippen molar-refractivity contribution in [3.05, 3.63) is 17.0 Å². The largest absolute Gasteiger partial charge is 0.481 e. The molecule has 0 fully saturated rings. The van der Waals surface area contributed by atoms with Gasteiger partial charge in [0.1, 0.15) is 0 Å². The van der Waals surface area contributed by atoms with Crippen molar-refractivity contribution in [2.24, 2.45) is 0 Å². The topological polar surface area (TPSA) is 91.7 Å². The maximum atomic E-state index is 5.43. The van der Waals surface area contributed by atoms with Crippen molar-refractivity contribution in [1.82, 2.24) is 24.7 Å². The van der Waals surface area contributed by atoms with Crippen molar-refractivity contribution in [3.8, 4) is 11.8 Å². The van der Waals surface area contributed by atoms with Gasteiger partial charge >= 0.3 is 0 Å². The number of ether oxygens (including phenoxy) is 1. The van der Waals surface area contributed by atoms with Crippen LogP contribution in [-0.2, 0) is 0 Å². The third kappa shape index (κ3) is 1.89. The van der Waals surface area contributed by atoms with Crippen molar-refractivity contribution >= 4 is 21.9 Å². The van der Waals surface area contributed by atoms with Crippen LogP contribution in [0, 0.1) is 0 Å². The summed E-state index contributed by atoms with van der Waals surface area (Å²) in [5.74, 6) is 0.930. The zero-order valence-electron chi connectivity index (χ0n) is 7.75. The van der Waals surface area contributed by atoms with Gasteiger partial charge in [0, 0.05) is 12.3 Å². The van der Waals surface area contributed by atoms with E-state index in [0.29, 0.717) is 16.6 Å². The molecule has 78 valence electrons. The van der Waals surface area contributed by atoms with Crippen molar-refractivity contribution in [2.75, 3.05) is 12.8 Å². The van der Waals surface area contributed by atoms with Gasteiger partial charge in [-0.2, -0.15) is 14.6 Å². The van der Waals surface area contributed by atoms with Crippen LogP contribution in [0.25, 0.3) is 5.95 Å². The first-order chi connectivity index (χ1) is 7.20. The van der Waals surface area contributed by atoms with Gasteiger partial charge in [-0.1, -0.05) is 0 Å². The van der Waals surface area contributed by atoms with Gasteiger partial charge in [0.15, 0.2) is 0 Å². The van der Waals surface area contributed by atoms with Crippen molar-refractivity contribution in [3.63, 3.8) is 0 Å². The predicted molar refractivity (Wildman–Crippen MR) is 55.6 cm³/mol. The van der Waals surface area contributed by atoms with Crippen molar-refractivity contribution in [2.45, 2.75) is 0 Å². The predicted octanol–water partition coefficient (Wildman–Crippen LogP) is 0.411. The Balaban J connectivity index is 2.49. The highest BCUT2D eigenvalue weighted by Crippen LogP contribution is 2.13. The Bertz CT molecular complexity index is 484. The minimum Gasteiger partial charge on any atom is -0.481 e. The number of nitrogen functional groups attached to an aromatic ring is 1. The highest BCUT2D eigenvalue weighted by Gasteiger charge is 2.09. The van der Waals surface area contributed by atoms with Crippen LogP contribution >= 0.6 is 15.9 Å². The minimum atomic E-state index is 0.147. The number of methoxy groups -OCH3 is 1. The first-order valence-electron chi connectivity index (χ1n) is 3.96. The van der Waals surface area contributed by atoms with E-state index in [1.165, 1.54) is 11.8 Å². The Hall–Kier alpha value is -1.70. The highest BCUT2D eigenvalue weighted by atomic mass is 79.9. The minimum absolute atomic E-state index is 0.147. The summed E-state index contributed by atoms with van der Waals surface area (Å²) in [5.41, 5.74) is 5.43. The van der Waals surface area contributed by atoms with E-state index in [1.54, 1.807) is 12.3 Å². The summed E-state index contributed by atoms with van der Waals surface area (Å²) in [5, 5.41) is 3.91. The van der Waals surface area contributed by atoms with Gasteiger partial charge in [-0.05, 0) is 15.9 Å². The maximum Gasteiger partial charge on any atom is 0.256 e. The highest BCUT2D eigenvalue weighted by molar-refractivity contribution is 9.10. The lowest BCUT2D eigenvalue weighted by molar-refractivity contribution is 0.395. The van der Waals surface area contributed by atoms with Gasteiger partial charge in [0.2, 0.25) is 16.6 Å². The first-order valence-corrected chi connectivity index (χ1v) is 4.75. The number of anilines is 1. The summed E-state index contributed by atoms with van der Waals surface area (Å²) in [6.07, 6.45) is 1.56. The average molecular weight is 271 g/mol. The standard InChI is InChI=1S/C7H7BrN6O/c1-15-4-2-3-10-7(11-4)14-5(8)12-6(9)13-14/h2-3H,1H3,(H2,9,13). The van der Waals surface area contributed by atoms with E-state index in [9.17, 15) is 0 Å². The molecule has 7 nitrogen and oxygen atoms in total. The van der Waals surface area contributed by atoms with Crippen LogP contribution in [-0.4, -0.2) is 31.8 Å². The normalized spacial score (nSPS) is 10.3. The second kappa shape index (κ2) is 3.81. The Kier molecular flexibility index (Phi) is 2.50. The molecule has 0 unspecified atom stereocenters. The summed E-state index contributed by atoms with van der Waals surface area (Å²) in [4.78, 5) is 12.0. The van der Waals surface area contributed by atoms with Crippen LogP contribution in [0.4, 0.5) is 5.95 Å². The molecule has 2 aromatic rings. The van der Waals surface area contributed by atoms with Gasteiger partial charge in [-0.3, -0.25) is 0 Å². The fourth-order valence-electron chi connectivity index (χ4n) is 0.983. The number of rotatable bonds is 2. The first kappa shape index (κ1) is 9.84. The molecule has 0 spiro atoms. The lowest BCUT2D eigenvalue weighted by Gasteiger charge is -2.01. The second-order valence-electron chi connectivity index (χ2n) is 2.55. The van der Waals surface area contributed by atoms with E-state index in [0.717, 1.165) is 0 Å². The molecule has 0 aliphatic rings. The molecule has 0 radical (unpaired) electrons. The summed E-state index contributed by atoms with van der Waals surface area (Å²) < 4.78 is 6.77. The molecule has 2 aromatic heterocycles. The third-order valence-electron chi connectivity index (χ3n) is 1.60. The molecule has 0 bridgehead atoms. The summed E-state index contributed by atoms with van der Waals surface area (Å²) in [6.45, 7) is 0. The molecular formula is C7H7BrN6O. The van der Waals surface area contributed by atoms with Crippen LogP contribution in [0.15, 0.2) is 17.0 Å². The third-order valence-corrected chi connectivity index (χ3v) is 2.11. The molecule has 15 heavy (non-hydrogen) atoms. The SMILES string of the molecule is COc1ccnc(-n2nc(N)nc2Br)n1. The molecule has 2 rings (SSSR count). The average Bonchev–Trinajstić information content (AvgIpc) is 2.58. The Labute approximate surface area is 93.4 Å². The monoisotopic (exact) mass is 270 g/mol. The number of nitrogens with zero attached hydrogens (tertiary/aromatic N) is 5. The van der Waals surface area contributed by atoms with Gasteiger partial charge < -0.3 is 10.5 Å². The second-order valence-corrected chi connectivity index (χ2v) is 3.26. The summed E-state index contributed by atoms with van der Waals surface area (Å²) in [6, 6.07) is 1.64. The lowest BCUT2D eigenvalue weighted by Crippen LogP contribution is -2.04. The van der Waals surface area contributed by atoms with Crippen LogP contribution in [0.1, 0.15) is 0 Å². The van der Waals surface area contributed by atoms with Crippen molar-refractivity contribution < 1.29 is 4.74 Å². The molecular weight excluding hydrogens is 264 g/mol. The molecule has 0 saturated carbocycles. The van der Waals surface area contributed by atoms with E-state index >= 15 is 0 Å². The smallest absolute Gasteiger partial charge is 0.256 e. The van der Waals surface area contributed by atoms with Crippen molar-refractivity contribution in [1.29, 1.82) is 0 Å². The van der Waals surface area contributed by atoms with E-state index < -0.39 is 0 Å². The molecule has 0 saturated heterocycles. The number of halogens is 1. The number of hydrogen-bond donors (Lipinski definition) is 1. The van der Waals surface area contributed by atoms with E-state index in [2.05, 4.69) is 36.0 Å². The molecule has 2 heterocycles. The van der Waals surface area contributed by atoms with Gasteiger partial charge in [-0.15, -0.1) is 5.10 Å². The zero-order chi connectivity index (χ0) is 10.8. The molecule has 0 aliphatic carbocycles. The van der Waals surface area contributed by atoms with Crippen LogP contribution in [0.5, 0.6) is 5.88 Å². The van der Waals surface area contributed by atoms with Gasteiger partial charge in [0.25, 0.3) is 5.95 Å². The molecule has 2 N–H and O–H groups in total. The quantitative estimate of drug-likeness (QED) is 0.850. The van der Waals surface area contributed by atoms with Crippen LogP contribution in [0.3, 0.4) is 0 Å².